The summed E-state index contributed by atoms with van der Waals surface area (Å²) in [6.07, 6.45) is -4.17. The van der Waals surface area contributed by atoms with Gasteiger partial charge in [-0.05, 0) is 43.4 Å². The first-order valence-electron chi connectivity index (χ1n) is 6.81. The molecule has 0 atom stereocenters. The number of methoxy groups -OCH3 is 2. The summed E-state index contributed by atoms with van der Waals surface area (Å²) in [5.74, 6) is -0.309. The molecule has 6 heteroatoms. The van der Waals surface area contributed by atoms with E-state index in [1.54, 1.807) is 18.2 Å². The lowest BCUT2D eigenvalue weighted by molar-refractivity contribution is -0.193. The van der Waals surface area contributed by atoms with Gasteiger partial charge < -0.3 is 14.6 Å². The van der Waals surface area contributed by atoms with Crippen molar-refractivity contribution in [3.8, 4) is 11.5 Å². The molecule has 1 saturated carbocycles. The van der Waals surface area contributed by atoms with Crippen molar-refractivity contribution >= 4 is 0 Å². The molecule has 0 bridgehead atoms. The highest BCUT2D eigenvalue weighted by atomic mass is 19.4. The quantitative estimate of drug-likeness (QED) is 0.926. The van der Waals surface area contributed by atoms with E-state index in [1.165, 1.54) is 14.2 Å². The summed E-state index contributed by atoms with van der Waals surface area (Å²) < 4.78 is 48.4. The fourth-order valence-corrected chi connectivity index (χ4v) is 2.79. The minimum atomic E-state index is -4.19. The summed E-state index contributed by atoms with van der Waals surface area (Å²) in [6.45, 7) is 0. The molecule has 0 saturated heterocycles. The van der Waals surface area contributed by atoms with Gasteiger partial charge in [-0.25, -0.2) is 0 Å². The molecule has 0 aromatic heterocycles. The van der Waals surface area contributed by atoms with Crippen molar-refractivity contribution in [3.63, 3.8) is 0 Å². The smallest absolute Gasteiger partial charge is 0.391 e. The Bertz CT molecular complexity index is 469. The van der Waals surface area contributed by atoms with Crippen LogP contribution in [0.3, 0.4) is 0 Å². The van der Waals surface area contributed by atoms with Gasteiger partial charge in [0.1, 0.15) is 11.5 Å². The van der Waals surface area contributed by atoms with Crippen LogP contribution >= 0.6 is 0 Å². The van der Waals surface area contributed by atoms with Crippen LogP contribution in [0.15, 0.2) is 18.2 Å². The van der Waals surface area contributed by atoms with Crippen molar-refractivity contribution in [2.75, 3.05) is 14.2 Å². The standard InChI is InChI=1S/C15H19F3O3/c1-20-12-7-11(8-13(9-12)21-2)14(19)5-3-10(4-6-14)15(16,17)18/h7-10,19H,3-6H2,1-2H3. The largest absolute Gasteiger partial charge is 0.497 e. The number of alkyl halides is 3. The Hall–Kier alpha value is -1.43. The molecule has 118 valence electrons. The number of hydrogen-bond acceptors (Lipinski definition) is 3. The number of benzene rings is 1. The third kappa shape index (κ3) is 3.43. The van der Waals surface area contributed by atoms with Crippen LogP contribution in [0.4, 0.5) is 13.2 Å². The molecule has 0 radical (unpaired) electrons. The van der Waals surface area contributed by atoms with Crippen LogP contribution in [0.2, 0.25) is 0 Å². The Balaban J connectivity index is 2.22. The number of aliphatic hydroxyl groups is 1. The molecule has 21 heavy (non-hydrogen) atoms. The Labute approximate surface area is 121 Å². The molecule has 1 aliphatic carbocycles. The average Bonchev–Trinajstić information content (AvgIpc) is 2.46. The van der Waals surface area contributed by atoms with Crippen LogP contribution in [-0.4, -0.2) is 25.5 Å². The number of halogens is 3. The first kappa shape index (κ1) is 15.9. The van der Waals surface area contributed by atoms with Gasteiger partial charge in [-0.1, -0.05) is 0 Å². The maximum absolute atomic E-state index is 12.7. The SMILES string of the molecule is COc1cc(OC)cc(C2(O)CCC(C(F)(F)F)CC2)c1. The molecular formula is C15H19F3O3. The molecule has 1 fully saturated rings. The second-order valence-corrected chi connectivity index (χ2v) is 5.45. The highest BCUT2D eigenvalue weighted by molar-refractivity contribution is 5.41. The topological polar surface area (TPSA) is 38.7 Å². The summed E-state index contributed by atoms with van der Waals surface area (Å²) in [6, 6.07) is 4.96. The van der Waals surface area contributed by atoms with Crippen molar-refractivity contribution in [3.05, 3.63) is 23.8 Å². The first-order valence-corrected chi connectivity index (χ1v) is 6.81. The Morgan fingerprint density at radius 1 is 1.05 bits per heavy atom. The molecule has 3 nitrogen and oxygen atoms in total. The Kier molecular flexibility index (Phi) is 4.37. The molecule has 0 amide bonds. The van der Waals surface area contributed by atoms with E-state index in [9.17, 15) is 18.3 Å². The maximum atomic E-state index is 12.7. The zero-order valence-corrected chi connectivity index (χ0v) is 12.0. The van der Waals surface area contributed by atoms with Gasteiger partial charge in [-0.3, -0.25) is 0 Å². The highest BCUT2D eigenvalue weighted by Gasteiger charge is 2.45. The van der Waals surface area contributed by atoms with Crippen LogP contribution in [0.5, 0.6) is 11.5 Å². The summed E-state index contributed by atoms with van der Waals surface area (Å²) in [4.78, 5) is 0. The van der Waals surface area contributed by atoms with E-state index in [4.69, 9.17) is 9.47 Å². The number of ether oxygens (including phenoxy) is 2. The normalized spacial score (nSPS) is 26.5. The van der Waals surface area contributed by atoms with Gasteiger partial charge in [0, 0.05) is 6.07 Å². The lowest BCUT2D eigenvalue weighted by Crippen LogP contribution is -2.36. The van der Waals surface area contributed by atoms with Crippen molar-refractivity contribution < 1.29 is 27.8 Å². The second kappa shape index (κ2) is 5.75. The molecule has 0 heterocycles. The van der Waals surface area contributed by atoms with E-state index in [2.05, 4.69) is 0 Å². The fraction of sp³-hybridized carbons (Fsp3) is 0.600. The minimum absolute atomic E-state index is 0.0699. The van der Waals surface area contributed by atoms with E-state index in [1.807, 2.05) is 0 Å². The summed E-state index contributed by atoms with van der Waals surface area (Å²) >= 11 is 0. The lowest BCUT2D eigenvalue weighted by atomic mass is 9.75. The minimum Gasteiger partial charge on any atom is -0.497 e. The molecule has 1 aromatic carbocycles. The van der Waals surface area contributed by atoms with Crippen molar-refractivity contribution in [1.29, 1.82) is 0 Å². The summed E-state index contributed by atoms with van der Waals surface area (Å²) in [7, 11) is 2.98. The van der Waals surface area contributed by atoms with Gasteiger partial charge >= 0.3 is 6.18 Å². The van der Waals surface area contributed by atoms with Crippen molar-refractivity contribution in [2.24, 2.45) is 5.92 Å². The van der Waals surface area contributed by atoms with Gasteiger partial charge in [0.15, 0.2) is 0 Å². The lowest BCUT2D eigenvalue weighted by Gasteiger charge is -2.37. The second-order valence-electron chi connectivity index (χ2n) is 5.45. The number of rotatable bonds is 3. The van der Waals surface area contributed by atoms with E-state index < -0.39 is 17.7 Å². The molecule has 2 rings (SSSR count). The molecule has 0 unspecified atom stereocenters. The van der Waals surface area contributed by atoms with Gasteiger partial charge in [-0.2, -0.15) is 13.2 Å². The monoisotopic (exact) mass is 304 g/mol. The molecule has 1 aromatic rings. The van der Waals surface area contributed by atoms with Crippen LogP contribution in [0, 0.1) is 5.92 Å². The van der Waals surface area contributed by atoms with E-state index in [0.29, 0.717) is 17.1 Å². The van der Waals surface area contributed by atoms with Crippen LogP contribution < -0.4 is 9.47 Å². The Morgan fingerprint density at radius 2 is 1.52 bits per heavy atom. The fourth-order valence-electron chi connectivity index (χ4n) is 2.79. The summed E-state index contributed by atoms with van der Waals surface area (Å²) in [5.41, 5.74) is -0.719. The molecule has 0 spiro atoms. The first-order chi connectivity index (χ1) is 9.78. The third-order valence-electron chi connectivity index (χ3n) is 4.16. The number of hydrogen-bond donors (Lipinski definition) is 1. The maximum Gasteiger partial charge on any atom is 0.391 e. The van der Waals surface area contributed by atoms with Gasteiger partial charge in [-0.15, -0.1) is 0 Å². The van der Waals surface area contributed by atoms with Crippen LogP contribution in [-0.2, 0) is 5.60 Å². The van der Waals surface area contributed by atoms with Crippen molar-refractivity contribution in [1.82, 2.24) is 0 Å². The highest BCUT2D eigenvalue weighted by Crippen LogP contribution is 2.46. The molecule has 0 aliphatic heterocycles. The van der Waals surface area contributed by atoms with Gasteiger partial charge in [0.2, 0.25) is 0 Å². The summed E-state index contributed by atoms with van der Waals surface area (Å²) in [5, 5.41) is 10.7. The molecular weight excluding hydrogens is 285 g/mol. The zero-order valence-electron chi connectivity index (χ0n) is 12.0. The van der Waals surface area contributed by atoms with E-state index in [0.717, 1.165) is 0 Å². The van der Waals surface area contributed by atoms with Crippen molar-refractivity contribution in [2.45, 2.75) is 37.5 Å². The molecule has 1 N–H and O–H groups in total. The Morgan fingerprint density at radius 3 is 1.90 bits per heavy atom. The average molecular weight is 304 g/mol. The third-order valence-corrected chi connectivity index (χ3v) is 4.16. The van der Waals surface area contributed by atoms with E-state index >= 15 is 0 Å². The molecule has 1 aliphatic rings. The predicted octanol–water partition coefficient (Wildman–Crippen LogP) is 3.64. The van der Waals surface area contributed by atoms with Gasteiger partial charge in [0.05, 0.1) is 25.7 Å². The zero-order chi connectivity index (χ0) is 15.7. The van der Waals surface area contributed by atoms with E-state index in [-0.39, 0.29) is 25.7 Å². The van der Waals surface area contributed by atoms with Crippen LogP contribution in [0.25, 0.3) is 0 Å². The predicted molar refractivity (Wildman–Crippen MR) is 71.5 cm³/mol. The van der Waals surface area contributed by atoms with Crippen LogP contribution in [0.1, 0.15) is 31.2 Å². The van der Waals surface area contributed by atoms with Gasteiger partial charge in [0.25, 0.3) is 0 Å².